The van der Waals surface area contributed by atoms with Gasteiger partial charge in [0.05, 0.1) is 17.0 Å². The van der Waals surface area contributed by atoms with Crippen molar-refractivity contribution < 1.29 is 8.42 Å². The van der Waals surface area contributed by atoms with Crippen LogP contribution in [0.15, 0.2) is 52.4 Å². The van der Waals surface area contributed by atoms with Gasteiger partial charge in [0.15, 0.2) is 0 Å². The van der Waals surface area contributed by atoms with Gasteiger partial charge in [0.2, 0.25) is 10.0 Å². The summed E-state index contributed by atoms with van der Waals surface area (Å²) in [6.45, 7) is 9.20. The lowest BCUT2D eigenvalue weighted by atomic mass is 9.85. The maximum Gasteiger partial charge on any atom is 0.243 e. The third-order valence-electron chi connectivity index (χ3n) is 6.25. The van der Waals surface area contributed by atoms with Gasteiger partial charge in [0, 0.05) is 26.2 Å². The molecule has 174 valence electrons. The summed E-state index contributed by atoms with van der Waals surface area (Å²) in [5.74, 6) is 0.962. The van der Waals surface area contributed by atoms with Gasteiger partial charge in [-0.15, -0.1) is 12.4 Å². The zero-order valence-corrected chi connectivity index (χ0v) is 20.7. The van der Waals surface area contributed by atoms with Crippen LogP contribution in [0.2, 0.25) is 0 Å². The smallest absolute Gasteiger partial charge is 0.243 e. The van der Waals surface area contributed by atoms with E-state index in [1.807, 2.05) is 19.9 Å². The summed E-state index contributed by atoms with van der Waals surface area (Å²) in [5, 5.41) is 7.19. The molecule has 0 unspecified atom stereocenters. The highest BCUT2D eigenvalue weighted by Gasteiger charge is 2.43. The minimum atomic E-state index is -3.49. The molecular weight excluding hydrogens is 444 g/mol. The van der Waals surface area contributed by atoms with Crippen molar-refractivity contribution in [3.05, 3.63) is 64.7 Å². The van der Waals surface area contributed by atoms with E-state index in [9.17, 15) is 8.42 Å². The average Bonchev–Trinajstić information content (AvgIpc) is 2.73. The summed E-state index contributed by atoms with van der Waals surface area (Å²) in [7, 11) is -3.49. The van der Waals surface area contributed by atoms with Crippen molar-refractivity contribution in [1.29, 1.82) is 0 Å². The highest BCUT2D eigenvalue weighted by molar-refractivity contribution is 7.89. The number of hydrogen-bond acceptors (Lipinski definition) is 5. The van der Waals surface area contributed by atoms with Crippen LogP contribution in [0.4, 0.5) is 0 Å². The first-order valence-electron chi connectivity index (χ1n) is 11.0. The standard InChI is InChI=1S/C24H32N4O2S.ClH/c1-18-5-4-6-21(14-18)17-26-23-24(27-10-9-25-23)7-11-28(12-8-24)31(29,30)22-15-19(2)13-20(3)16-22;/h4-6,13-16,27H,7-12,17H2,1-3H3,(H,25,26);1H. The Morgan fingerprint density at radius 2 is 1.72 bits per heavy atom. The fourth-order valence-corrected chi connectivity index (χ4v) is 6.31. The number of sulfonamides is 1. The van der Waals surface area contributed by atoms with E-state index in [1.54, 1.807) is 16.4 Å². The predicted octanol–water partition coefficient (Wildman–Crippen LogP) is 3.35. The van der Waals surface area contributed by atoms with Gasteiger partial charge in [-0.2, -0.15) is 4.31 Å². The molecular formula is C24H33ClN4O2S. The fourth-order valence-electron chi connectivity index (χ4n) is 4.68. The summed E-state index contributed by atoms with van der Waals surface area (Å²) in [6.07, 6.45) is 1.41. The van der Waals surface area contributed by atoms with E-state index in [1.165, 1.54) is 11.1 Å². The molecule has 2 aliphatic heterocycles. The highest BCUT2D eigenvalue weighted by atomic mass is 35.5. The second kappa shape index (κ2) is 9.91. The third kappa shape index (κ3) is 5.17. The van der Waals surface area contributed by atoms with Crippen molar-refractivity contribution in [3.8, 4) is 0 Å². The normalized spacial score (nSPS) is 18.7. The highest BCUT2D eigenvalue weighted by Crippen LogP contribution is 2.29. The Bertz CT molecular complexity index is 1070. The molecule has 0 saturated carbocycles. The zero-order valence-electron chi connectivity index (χ0n) is 19.0. The zero-order chi connectivity index (χ0) is 22.1. The number of nitrogens with zero attached hydrogens (tertiary/aromatic N) is 2. The Morgan fingerprint density at radius 3 is 2.38 bits per heavy atom. The number of amidine groups is 1. The van der Waals surface area contributed by atoms with Crippen molar-refractivity contribution in [1.82, 2.24) is 14.9 Å². The molecule has 2 heterocycles. The van der Waals surface area contributed by atoms with Gasteiger partial charge in [-0.25, -0.2) is 8.42 Å². The van der Waals surface area contributed by atoms with Crippen LogP contribution in [0.5, 0.6) is 0 Å². The molecule has 1 fully saturated rings. The van der Waals surface area contributed by atoms with E-state index < -0.39 is 10.0 Å². The first-order chi connectivity index (χ1) is 14.8. The summed E-state index contributed by atoms with van der Waals surface area (Å²) < 4.78 is 28.1. The third-order valence-corrected chi connectivity index (χ3v) is 8.13. The summed E-state index contributed by atoms with van der Waals surface area (Å²) >= 11 is 0. The quantitative estimate of drug-likeness (QED) is 0.709. The molecule has 2 aromatic rings. The van der Waals surface area contributed by atoms with Crippen LogP contribution in [-0.4, -0.2) is 50.3 Å². The van der Waals surface area contributed by atoms with E-state index in [0.29, 0.717) is 37.4 Å². The van der Waals surface area contributed by atoms with Gasteiger partial charge in [-0.05, 0) is 62.4 Å². The second-order valence-corrected chi connectivity index (χ2v) is 10.7. The lowest BCUT2D eigenvalue weighted by Gasteiger charge is -2.44. The monoisotopic (exact) mass is 476 g/mol. The Kier molecular flexibility index (Phi) is 7.65. The van der Waals surface area contributed by atoms with E-state index in [4.69, 9.17) is 4.99 Å². The topological polar surface area (TPSA) is 73.8 Å². The van der Waals surface area contributed by atoms with Crippen molar-refractivity contribution >= 4 is 28.3 Å². The van der Waals surface area contributed by atoms with Crippen molar-refractivity contribution in [2.75, 3.05) is 26.2 Å². The molecule has 1 spiro atoms. The van der Waals surface area contributed by atoms with Gasteiger partial charge in [-0.3, -0.25) is 4.99 Å². The average molecular weight is 477 g/mol. The summed E-state index contributed by atoms with van der Waals surface area (Å²) in [4.78, 5) is 5.18. The van der Waals surface area contributed by atoms with Crippen molar-refractivity contribution in [2.24, 2.45) is 4.99 Å². The van der Waals surface area contributed by atoms with Gasteiger partial charge in [0.1, 0.15) is 5.84 Å². The van der Waals surface area contributed by atoms with Crippen LogP contribution >= 0.6 is 12.4 Å². The number of aliphatic imine (C=N–C) groups is 1. The molecule has 6 nitrogen and oxygen atoms in total. The number of halogens is 1. The first kappa shape index (κ1) is 24.7. The largest absolute Gasteiger partial charge is 0.368 e. The van der Waals surface area contributed by atoms with E-state index >= 15 is 0 Å². The van der Waals surface area contributed by atoms with Crippen molar-refractivity contribution in [2.45, 2.75) is 50.6 Å². The number of piperidine rings is 1. The lowest BCUT2D eigenvalue weighted by Crippen LogP contribution is -2.64. The molecule has 0 aliphatic carbocycles. The van der Waals surface area contributed by atoms with Crippen LogP contribution in [0.3, 0.4) is 0 Å². The van der Waals surface area contributed by atoms with Crippen molar-refractivity contribution in [3.63, 3.8) is 0 Å². The van der Waals surface area contributed by atoms with Gasteiger partial charge in [0.25, 0.3) is 0 Å². The molecule has 0 bridgehead atoms. The summed E-state index contributed by atoms with van der Waals surface area (Å²) in [5.41, 5.74) is 4.11. The molecule has 0 radical (unpaired) electrons. The van der Waals surface area contributed by atoms with E-state index in [0.717, 1.165) is 30.1 Å². The summed E-state index contributed by atoms with van der Waals surface area (Å²) in [6, 6.07) is 14.0. The molecule has 4 rings (SSSR count). The number of nitrogens with one attached hydrogen (secondary N) is 2. The first-order valence-corrected chi connectivity index (χ1v) is 12.4. The number of rotatable bonds is 4. The Morgan fingerprint density at radius 1 is 1.03 bits per heavy atom. The Balaban J connectivity index is 0.00000289. The molecule has 0 amide bonds. The van der Waals surface area contributed by atoms with Crippen LogP contribution in [0.25, 0.3) is 0 Å². The molecule has 32 heavy (non-hydrogen) atoms. The number of hydrogen-bond donors (Lipinski definition) is 2. The van der Waals surface area contributed by atoms with Crippen LogP contribution < -0.4 is 10.6 Å². The Labute approximate surface area is 198 Å². The molecule has 8 heteroatoms. The molecule has 0 atom stereocenters. The maximum atomic E-state index is 13.2. The van der Waals surface area contributed by atoms with Crippen LogP contribution in [-0.2, 0) is 16.6 Å². The Hall–Kier alpha value is -1.93. The molecule has 1 saturated heterocycles. The molecule has 2 N–H and O–H groups in total. The van der Waals surface area contributed by atoms with Gasteiger partial charge in [-0.1, -0.05) is 35.9 Å². The van der Waals surface area contributed by atoms with Gasteiger partial charge < -0.3 is 10.6 Å². The lowest BCUT2D eigenvalue weighted by molar-refractivity contribution is 0.241. The number of aryl methyl sites for hydroxylation is 3. The SMILES string of the molecule is Cc1cccc(CNC2=NCCNC23CCN(S(=O)(=O)c2cc(C)cc(C)c2)CC3)c1.Cl. The molecule has 2 aliphatic rings. The number of benzene rings is 2. The van der Waals surface area contributed by atoms with E-state index in [-0.39, 0.29) is 17.9 Å². The molecule has 2 aromatic carbocycles. The maximum absolute atomic E-state index is 13.2. The minimum Gasteiger partial charge on any atom is -0.368 e. The fraction of sp³-hybridized carbons (Fsp3) is 0.458. The predicted molar refractivity (Wildman–Crippen MR) is 132 cm³/mol. The van der Waals surface area contributed by atoms with E-state index in [2.05, 4.69) is 41.8 Å². The van der Waals surface area contributed by atoms with Crippen LogP contribution in [0, 0.1) is 20.8 Å². The minimum absolute atomic E-state index is 0. The molecule has 0 aromatic heterocycles. The second-order valence-electron chi connectivity index (χ2n) is 8.81. The van der Waals surface area contributed by atoms with Gasteiger partial charge >= 0.3 is 0 Å². The van der Waals surface area contributed by atoms with Crippen LogP contribution in [0.1, 0.15) is 35.1 Å².